The van der Waals surface area contributed by atoms with Crippen LogP contribution in [0.25, 0.3) is 0 Å². The summed E-state index contributed by atoms with van der Waals surface area (Å²) in [4.78, 5) is 10.7. The number of nitrogens with zero attached hydrogens (tertiary/aromatic N) is 2. The highest BCUT2D eigenvalue weighted by molar-refractivity contribution is 5.67. The molecule has 0 amide bonds. The lowest BCUT2D eigenvalue weighted by molar-refractivity contribution is -0.137. The number of carboxylic acid groups (broad SMARTS) is 1. The molecule has 1 aliphatic heterocycles. The summed E-state index contributed by atoms with van der Waals surface area (Å²) in [5.74, 6) is -0.543. The second kappa shape index (κ2) is 5.00. The molecule has 0 aromatic carbocycles. The van der Waals surface area contributed by atoms with E-state index in [-0.39, 0.29) is 18.4 Å². The van der Waals surface area contributed by atoms with Crippen LogP contribution >= 0.6 is 0 Å². The lowest BCUT2D eigenvalue weighted by Gasteiger charge is -2.15. The van der Waals surface area contributed by atoms with E-state index < -0.39 is 5.97 Å². The predicted octanol–water partition coefficient (Wildman–Crippen LogP) is -0.414. The molecular weight excluding hydrogens is 208 g/mol. The van der Waals surface area contributed by atoms with Gasteiger partial charge in [0, 0.05) is 18.8 Å². The van der Waals surface area contributed by atoms with Gasteiger partial charge >= 0.3 is 5.97 Å². The average molecular weight is 222 g/mol. The Bertz CT molecular complexity index is 357. The topological polar surface area (TPSA) is 87.1 Å². The van der Waals surface area contributed by atoms with E-state index in [1.54, 1.807) is 6.20 Å². The van der Waals surface area contributed by atoms with Gasteiger partial charge in [0.1, 0.15) is 0 Å². The van der Waals surface area contributed by atoms with Crippen molar-refractivity contribution in [2.75, 3.05) is 6.54 Å². The fourth-order valence-electron chi connectivity index (χ4n) is 1.91. The lowest BCUT2D eigenvalue weighted by Crippen LogP contribution is -2.34. The number of nitrogens with one attached hydrogen (secondary N) is 2. The zero-order valence-electron chi connectivity index (χ0n) is 8.76. The molecule has 0 bridgehead atoms. The molecule has 2 heterocycles. The van der Waals surface area contributed by atoms with Crippen LogP contribution in [0.1, 0.15) is 12.1 Å². The molecule has 1 aromatic heterocycles. The van der Waals surface area contributed by atoms with Crippen LogP contribution in [0.4, 0.5) is 0 Å². The Hall–Kier alpha value is -1.53. The van der Waals surface area contributed by atoms with Crippen molar-refractivity contribution in [1.29, 1.82) is 0 Å². The first-order valence-electron chi connectivity index (χ1n) is 5.22. The number of rotatable bonds is 4. The minimum atomic E-state index is -0.787. The second-order valence-corrected chi connectivity index (χ2v) is 3.91. The molecule has 16 heavy (non-hydrogen) atoms. The molecule has 2 rings (SSSR count). The summed E-state index contributed by atoms with van der Waals surface area (Å²) in [7, 11) is 0. The molecule has 2 unspecified atom stereocenters. The quantitative estimate of drug-likeness (QED) is 0.641. The van der Waals surface area contributed by atoms with E-state index in [0.29, 0.717) is 0 Å². The molecule has 1 saturated heterocycles. The second-order valence-electron chi connectivity index (χ2n) is 3.91. The first-order chi connectivity index (χ1) is 7.75. The number of aromatic nitrogens is 2. The summed E-state index contributed by atoms with van der Waals surface area (Å²) in [5, 5.41) is 16.6. The van der Waals surface area contributed by atoms with Gasteiger partial charge in [-0.25, -0.2) is 0 Å². The van der Waals surface area contributed by atoms with E-state index in [1.165, 1.54) is 0 Å². The maximum Gasteiger partial charge on any atom is 0.304 e. The molecule has 0 radical (unpaired) electrons. The Balaban J connectivity index is 1.96. The summed E-state index contributed by atoms with van der Waals surface area (Å²) < 4.78 is 0. The summed E-state index contributed by atoms with van der Waals surface area (Å²) in [6.45, 7) is 0.758. The first kappa shape index (κ1) is 11.0. The van der Waals surface area contributed by atoms with Crippen molar-refractivity contribution in [2.24, 2.45) is 5.92 Å². The van der Waals surface area contributed by atoms with E-state index in [9.17, 15) is 4.79 Å². The molecule has 3 N–H and O–H groups in total. The van der Waals surface area contributed by atoms with Crippen LogP contribution in [-0.2, 0) is 11.2 Å². The first-order valence-corrected chi connectivity index (χ1v) is 5.22. The van der Waals surface area contributed by atoms with Gasteiger partial charge in [0.2, 0.25) is 0 Å². The van der Waals surface area contributed by atoms with E-state index in [2.05, 4.69) is 21.0 Å². The summed E-state index contributed by atoms with van der Waals surface area (Å²) >= 11 is 0. The van der Waals surface area contributed by atoms with E-state index >= 15 is 0 Å². The standard InChI is InChI=1S/C10H14N4O2/c15-10(16)5-9-7(6-12-14-9)4-8-2-1-3-11-13-8/h1-3,7,9,12,14H,4-6H2,(H,15,16). The van der Waals surface area contributed by atoms with Gasteiger partial charge in [-0.1, -0.05) is 0 Å². The fraction of sp³-hybridized carbons (Fsp3) is 0.500. The molecule has 1 aliphatic rings. The average Bonchev–Trinajstić information content (AvgIpc) is 2.66. The summed E-state index contributed by atoms with van der Waals surface area (Å²) in [6.07, 6.45) is 2.49. The zero-order valence-corrected chi connectivity index (χ0v) is 8.76. The van der Waals surface area contributed by atoms with Gasteiger partial charge in [0.25, 0.3) is 0 Å². The van der Waals surface area contributed by atoms with Crippen molar-refractivity contribution in [3.63, 3.8) is 0 Å². The van der Waals surface area contributed by atoms with Crippen molar-refractivity contribution in [3.05, 3.63) is 24.0 Å². The van der Waals surface area contributed by atoms with Crippen LogP contribution in [0.2, 0.25) is 0 Å². The maximum absolute atomic E-state index is 10.7. The van der Waals surface area contributed by atoms with Gasteiger partial charge in [-0.05, 0) is 24.5 Å². The van der Waals surface area contributed by atoms with Gasteiger partial charge in [-0.15, -0.1) is 0 Å². The number of carbonyl (C=O) groups is 1. The summed E-state index contributed by atoms with van der Waals surface area (Å²) in [6, 6.07) is 3.70. The third-order valence-corrected chi connectivity index (χ3v) is 2.71. The van der Waals surface area contributed by atoms with Crippen molar-refractivity contribution < 1.29 is 9.90 Å². The van der Waals surface area contributed by atoms with Gasteiger partial charge in [0.15, 0.2) is 0 Å². The highest BCUT2D eigenvalue weighted by atomic mass is 16.4. The largest absolute Gasteiger partial charge is 0.481 e. The monoisotopic (exact) mass is 222 g/mol. The van der Waals surface area contributed by atoms with E-state index in [0.717, 1.165) is 18.7 Å². The number of hydrazine groups is 1. The molecule has 0 spiro atoms. The van der Waals surface area contributed by atoms with Gasteiger partial charge in [-0.3, -0.25) is 15.6 Å². The minimum Gasteiger partial charge on any atom is -0.481 e. The van der Waals surface area contributed by atoms with Crippen LogP contribution in [0, 0.1) is 5.92 Å². The predicted molar refractivity (Wildman–Crippen MR) is 56.4 cm³/mol. The van der Waals surface area contributed by atoms with Gasteiger partial charge in [0.05, 0.1) is 12.1 Å². The molecule has 6 heteroatoms. The Morgan fingerprint density at radius 2 is 2.50 bits per heavy atom. The zero-order chi connectivity index (χ0) is 11.4. The van der Waals surface area contributed by atoms with Gasteiger partial charge < -0.3 is 5.11 Å². The van der Waals surface area contributed by atoms with E-state index in [4.69, 9.17) is 5.11 Å². The summed E-state index contributed by atoms with van der Waals surface area (Å²) in [5.41, 5.74) is 6.86. The molecule has 86 valence electrons. The Labute approximate surface area is 93.0 Å². The minimum absolute atomic E-state index is 0.0421. The van der Waals surface area contributed by atoms with Crippen LogP contribution in [0.15, 0.2) is 18.3 Å². The van der Waals surface area contributed by atoms with Crippen LogP contribution in [0.5, 0.6) is 0 Å². The number of hydrogen-bond donors (Lipinski definition) is 3. The molecule has 6 nitrogen and oxygen atoms in total. The molecule has 1 aromatic rings. The van der Waals surface area contributed by atoms with Crippen molar-refractivity contribution in [2.45, 2.75) is 18.9 Å². The Morgan fingerprint density at radius 3 is 3.19 bits per heavy atom. The highest BCUT2D eigenvalue weighted by Crippen LogP contribution is 2.15. The Morgan fingerprint density at radius 1 is 1.62 bits per heavy atom. The maximum atomic E-state index is 10.7. The highest BCUT2D eigenvalue weighted by Gasteiger charge is 2.29. The van der Waals surface area contributed by atoms with E-state index in [1.807, 2.05) is 12.1 Å². The normalized spacial score (nSPS) is 24.5. The van der Waals surface area contributed by atoms with Crippen LogP contribution in [-0.4, -0.2) is 33.9 Å². The van der Waals surface area contributed by atoms with Crippen molar-refractivity contribution >= 4 is 5.97 Å². The molecular formula is C10H14N4O2. The Kier molecular flexibility index (Phi) is 3.43. The number of aliphatic carboxylic acids is 1. The lowest BCUT2D eigenvalue weighted by atomic mass is 9.94. The number of carboxylic acids is 1. The van der Waals surface area contributed by atoms with Crippen LogP contribution < -0.4 is 10.9 Å². The molecule has 1 fully saturated rings. The number of hydrogen-bond acceptors (Lipinski definition) is 5. The fourth-order valence-corrected chi connectivity index (χ4v) is 1.91. The SMILES string of the molecule is O=C(O)CC1NNCC1Cc1cccnn1. The third kappa shape index (κ3) is 2.74. The third-order valence-electron chi connectivity index (χ3n) is 2.71. The molecule has 0 saturated carbocycles. The molecule has 0 aliphatic carbocycles. The smallest absolute Gasteiger partial charge is 0.304 e. The van der Waals surface area contributed by atoms with Crippen molar-refractivity contribution in [1.82, 2.24) is 21.0 Å². The van der Waals surface area contributed by atoms with Crippen molar-refractivity contribution in [3.8, 4) is 0 Å². The van der Waals surface area contributed by atoms with Gasteiger partial charge in [-0.2, -0.15) is 10.2 Å². The van der Waals surface area contributed by atoms with Crippen LogP contribution in [0.3, 0.4) is 0 Å². The molecule has 2 atom stereocenters.